The maximum atomic E-state index is 6.45. The van der Waals surface area contributed by atoms with Gasteiger partial charge in [-0.25, -0.2) is 0 Å². The summed E-state index contributed by atoms with van der Waals surface area (Å²) >= 11 is 0. The maximum absolute atomic E-state index is 6.45. The van der Waals surface area contributed by atoms with Gasteiger partial charge in [0.15, 0.2) is 0 Å². The molecule has 0 spiro atoms. The molecule has 0 aromatic heterocycles. The Kier molecular flexibility index (Phi) is 3.05. The third-order valence-electron chi connectivity index (χ3n) is 3.82. The molecule has 0 fully saturated rings. The summed E-state index contributed by atoms with van der Waals surface area (Å²) in [6.45, 7) is 0. The van der Waals surface area contributed by atoms with Crippen LogP contribution in [0, 0.1) is 0 Å². The summed E-state index contributed by atoms with van der Waals surface area (Å²) in [7, 11) is 0. The van der Waals surface area contributed by atoms with Crippen LogP contribution in [0.15, 0.2) is 85.0 Å². The minimum Gasteiger partial charge on any atom is -0.315 e. The zero-order chi connectivity index (χ0) is 14.1. The monoisotopic (exact) mass is 262 g/mol. The molecular weight excluding hydrogens is 244 g/mol. The van der Waals surface area contributed by atoms with E-state index in [4.69, 9.17) is 11.5 Å². The van der Waals surface area contributed by atoms with E-state index in [0.717, 1.165) is 11.1 Å². The lowest BCUT2D eigenvalue weighted by molar-refractivity contribution is 0.624. The standard InChI is InChI=1S/C18H18N2/c19-17(15-7-3-1-4-8-15)11-13-18(20,14-12-17)16-9-5-2-6-10-16/h1-14H,19-20H2. The van der Waals surface area contributed by atoms with E-state index < -0.39 is 11.1 Å². The van der Waals surface area contributed by atoms with Gasteiger partial charge >= 0.3 is 0 Å². The molecule has 0 saturated carbocycles. The average Bonchev–Trinajstić information content (AvgIpc) is 2.52. The highest BCUT2D eigenvalue weighted by atomic mass is 14.8. The summed E-state index contributed by atoms with van der Waals surface area (Å²) in [5, 5.41) is 0. The van der Waals surface area contributed by atoms with Crippen LogP contribution in [0.1, 0.15) is 11.1 Å². The molecule has 2 aromatic carbocycles. The second kappa shape index (κ2) is 4.75. The van der Waals surface area contributed by atoms with Gasteiger partial charge in [0.05, 0.1) is 11.1 Å². The first-order valence-corrected chi connectivity index (χ1v) is 6.72. The van der Waals surface area contributed by atoms with Crippen molar-refractivity contribution in [2.45, 2.75) is 11.1 Å². The highest BCUT2D eigenvalue weighted by Gasteiger charge is 2.30. The van der Waals surface area contributed by atoms with Crippen molar-refractivity contribution in [1.82, 2.24) is 0 Å². The molecule has 0 aliphatic heterocycles. The molecule has 2 heteroatoms. The predicted octanol–water partition coefficient (Wildman–Crippen LogP) is 2.82. The summed E-state index contributed by atoms with van der Waals surface area (Å²) in [6, 6.07) is 20.1. The quantitative estimate of drug-likeness (QED) is 0.818. The Morgan fingerprint density at radius 2 is 0.800 bits per heavy atom. The fourth-order valence-electron chi connectivity index (χ4n) is 2.50. The fourth-order valence-corrected chi connectivity index (χ4v) is 2.50. The minimum atomic E-state index is -0.584. The third-order valence-corrected chi connectivity index (χ3v) is 3.82. The summed E-state index contributed by atoms with van der Waals surface area (Å²) < 4.78 is 0. The first kappa shape index (κ1) is 12.9. The van der Waals surface area contributed by atoms with Crippen LogP contribution in [0.3, 0.4) is 0 Å². The number of benzene rings is 2. The van der Waals surface area contributed by atoms with Gasteiger partial charge < -0.3 is 11.5 Å². The molecule has 20 heavy (non-hydrogen) atoms. The number of rotatable bonds is 2. The Hall–Kier alpha value is -2.16. The topological polar surface area (TPSA) is 52.0 Å². The Balaban J connectivity index is 1.95. The van der Waals surface area contributed by atoms with Gasteiger partial charge in [0.2, 0.25) is 0 Å². The second-order valence-electron chi connectivity index (χ2n) is 5.26. The van der Waals surface area contributed by atoms with Crippen molar-refractivity contribution in [3.63, 3.8) is 0 Å². The lowest BCUT2D eigenvalue weighted by Crippen LogP contribution is -2.41. The Morgan fingerprint density at radius 3 is 1.10 bits per heavy atom. The van der Waals surface area contributed by atoms with Gasteiger partial charge in [-0.05, 0) is 11.1 Å². The van der Waals surface area contributed by atoms with Crippen LogP contribution in [-0.4, -0.2) is 0 Å². The van der Waals surface area contributed by atoms with E-state index in [9.17, 15) is 0 Å². The molecule has 0 radical (unpaired) electrons. The molecule has 0 bridgehead atoms. The van der Waals surface area contributed by atoms with Crippen LogP contribution in [0.25, 0.3) is 0 Å². The Morgan fingerprint density at radius 1 is 0.500 bits per heavy atom. The van der Waals surface area contributed by atoms with Gasteiger partial charge in [0.25, 0.3) is 0 Å². The van der Waals surface area contributed by atoms with E-state index >= 15 is 0 Å². The minimum absolute atomic E-state index is 0.584. The first-order chi connectivity index (χ1) is 9.62. The van der Waals surface area contributed by atoms with Crippen LogP contribution in [-0.2, 0) is 11.1 Å². The van der Waals surface area contributed by atoms with E-state index in [0.29, 0.717) is 0 Å². The van der Waals surface area contributed by atoms with E-state index in [1.807, 2.05) is 85.0 Å². The molecule has 4 N–H and O–H groups in total. The van der Waals surface area contributed by atoms with Crippen molar-refractivity contribution in [2.75, 3.05) is 0 Å². The van der Waals surface area contributed by atoms with Crippen molar-refractivity contribution in [3.05, 3.63) is 96.1 Å². The van der Waals surface area contributed by atoms with Gasteiger partial charge in [0, 0.05) is 0 Å². The van der Waals surface area contributed by atoms with E-state index in [1.54, 1.807) is 0 Å². The highest BCUT2D eigenvalue weighted by molar-refractivity contribution is 5.45. The molecule has 100 valence electrons. The number of nitrogens with two attached hydrogens (primary N) is 2. The number of hydrogen-bond donors (Lipinski definition) is 2. The second-order valence-corrected chi connectivity index (χ2v) is 5.26. The highest BCUT2D eigenvalue weighted by Crippen LogP contribution is 2.32. The van der Waals surface area contributed by atoms with E-state index in [1.165, 1.54) is 0 Å². The molecule has 0 amide bonds. The van der Waals surface area contributed by atoms with Crippen molar-refractivity contribution >= 4 is 0 Å². The first-order valence-electron chi connectivity index (χ1n) is 6.72. The van der Waals surface area contributed by atoms with Crippen molar-refractivity contribution in [2.24, 2.45) is 11.5 Å². The van der Waals surface area contributed by atoms with Crippen LogP contribution < -0.4 is 11.5 Å². The third kappa shape index (κ3) is 2.20. The lowest BCUT2D eigenvalue weighted by atomic mass is 9.79. The molecule has 1 aliphatic carbocycles. The van der Waals surface area contributed by atoms with Gasteiger partial charge in [-0.15, -0.1) is 0 Å². The lowest BCUT2D eigenvalue weighted by Gasteiger charge is -2.33. The smallest absolute Gasteiger partial charge is 0.0784 e. The van der Waals surface area contributed by atoms with Gasteiger partial charge in [-0.1, -0.05) is 85.0 Å². The van der Waals surface area contributed by atoms with Crippen LogP contribution in [0.2, 0.25) is 0 Å². The summed E-state index contributed by atoms with van der Waals surface area (Å²) in [5.74, 6) is 0. The molecule has 2 nitrogen and oxygen atoms in total. The summed E-state index contributed by atoms with van der Waals surface area (Å²) in [5.41, 5.74) is 13.8. The summed E-state index contributed by atoms with van der Waals surface area (Å²) in [4.78, 5) is 0. The average molecular weight is 262 g/mol. The van der Waals surface area contributed by atoms with E-state index in [2.05, 4.69) is 0 Å². The number of hydrogen-bond acceptors (Lipinski definition) is 2. The predicted molar refractivity (Wildman–Crippen MR) is 82.9 cm³/mol. The van der Waals surface area contributed by atoms with Gasteiger partial charge in [-0.3, -0.25) is 0 Å². The van der Waals surface area contributed by atoms with Crippen molar-refractivity contribution in [1.29, 1.82) is 0 Å². The van der Waals surface area contributed by atoms with Crippen LogP contribution in [0.4, 0.5) is 0 Å². The van der Waals surface area contributed by atoms with Crippen molar-refractivity contribution in [3.8, 4) is 0 Å². The summed E-state index contributed by atoms with van der Waals surface area (Å²) in [6.07, 6.45) is 7.93. The fraction of sp³-hybridized carbons (Fsp3) is 0.111. The van der Waals surface area contributed by atoms with Crippen molar-refractivity contribution < 1.29 is 0 Å². The van der Waals surface area contributed by atoms with Gasteiger partial charge in [-0.2, -0.15) is 0 Å². The van der Waals surface area contributed by atoms with Crippen LogP contribution >= 0.6 is 0 Å². The van der Waals surface area contributed by atoms with Gasteiger partial charge in [0.1, 0.15) is 0 Å². The Bertz CT molecular complexity index is 570. The molecule has 1 aliphatic rings. The van der Waals surface area contributed by atoms with Crippen LogP contribution in [0.5, 0.6) is 0 Å². The van der Waals surface area contributed by atoms with E-state index in [-0.39, 0.29) is 0 Å². The Labute approximate surface area is 119 Å². The molecule has 2 aromatic rings. The maximum Gasteiger partial charge on any atom is 0.0784 e. The normalized spacial score (nSPS) is 28.5. The largest absolute Gasteiger partial charge is 0.315 e. The zero-order valence-corrected chi connectivity index (χ0v) is 11.2. The molecule has 3 rings (SSSR count). The SMILES string of the molecule is NC1(c2ccccc2)C=CC(N)(c2ccccc2)C=C1. The molecule has 0 unspecified atom stereocenters. The zero-order valence-electron chi connectivity index (χ0n) is 11.2. The molecular formula is C18H18N2. The molecule has 0 atom stereocenters. The molecule has 0 heterocycles. The molecule has 0 saturated heterocycles.